The van der Waals surface area contributed by atoms with Gasteiger partial charge in [-0.05, 0) is 11.1 Å². The molecular weight excluding hydrogens is 200 g/mol. The Hall–Kier alpha value is -0.830. The lowest BCUT2D eigenvalue weighted by Gasteiger charge is -2.10. The molecule has 0 amide bonds. The van der Waals surface area contributed by atoms with E-state index in [0.29, 0.717) is 11.5 Å². The van der Waals surface area contributed by atoms with Gasteiger partial charge in [-0.2, -0.15) is 0 Å². The van der Waals surface area contributed by atoms with Crippen molar-refractivity contribution < 1.29 is 10.2 Å². The largest absolute Gasteiger partial charge is 0.392 e. The van der Waals surface area contributed by atoms with Gasteiger partial charge in [0.05, 0.1) is 12.7 Å². The van der Waals surface area contributed by atoms with Crippen molar-refractivity contribution in [2.75, 3.05) is 0 Å². The van der Waals surface area contributed by atoms with Gasteiger partial charge in [-0.15, -0.1) is 0 Å². The second kappa shape index (κ2) is 5.15. The molecule has 1 aromatic rings. The van der Waals surface area contributed by atoms with Crippen LogP contribution in [0, 0.1) is 0 Å². The summed E-state index contributed by atoms with van der Waals surface area (Å²) < 4.78 is 0. The van der Waals surface area contributed by atoms with Crippen molar-refractivity contribution >= 4 is 11.6 Å². The minimum Gasteiger partial charge on any atom is -0.392 e. The van der Waals surface area contributed by atoms with Gasteiger partial charge < -0.3 is 10.2 Å². The highest BCUT2D eigenvalue weighted by molar-refractivity contribution is 6.29. The molecule has 0 radical (unpaired) electrons. The number of aliphatic hydroxyl groups is 2. The minimum absolute atomic E-state index is 0.0125. The van der Waals surface area contributed by atoms with Crippen molar-refractivity contribution in [3.63, 3.8) is 0 Å². The predicted octanol–water partition coefficient (Wildman–Crippen LogP) is 2.35. The Morgan fingerprint density at radius 3 is 2.36 bits per heavy atom. The zero-order chi connectivity index (χ0) is 10.6. The Bertz CT molecular complexity index is 306. The Labute approximate surface area is 88.5 Å². The highest BCUT2D eigenvalue weighted by atomic mass is 35.5. The van der Waals surface area contributed by atoms with Crippen LogP contribution in [-0.2, 0) is 6.61 Å². The normalized spacial score (nSPS) is 12.5. The van der Waals surface area contributed by atoms with Crippen LogP contribution in [0.25, 0.3) is 0 Å². The van der Waals surface area contributed by atoms with Crippen LogP contribution in [0.4, 0.5) is 0 Å². The SMILES string of the molecule is C=C(Cl)CC(O)c1ccc(CO)cc1. The zero-order valence-corrected chi connectivity index (χ0v) is 8.54. The van der Waals surface area contributed by atoms with E-state index in [9.17, 15) is 5.11 Å². The lowest BCUT2D eigenvalue weighted by atomic mass is 10.0. The first-order chi connectivity index (χ1) is 6.63. The van der Waals surface area contributed by atoms with Crippen molar-refractivity contribution in [3.05, 3.63) is 47.0 Å². The molecule has 76 valence electrons. The first-order valence-corrected chi connectivity index (χ1v) is 4.72. The average molecular weight is 213 g/mol. The van der Waals surface area contributed by atoms with Crippen LogP contribution in [0.2, 0.25) is 0 Å². The molecule has 0 aliphatic carbocycles. The van der Waals surface area contributed by atoms with E-state index in [1.807, 2.05) is 0 Å². The summed E-state index contributed by atoms with van der Waals surface area (Å²) in [5, 5.41) is 18.9. The molecule has 0 spiro atoms. The molecule has 2 nitrogen and oxygen atoms in total. The van der Waals surface area contributed by atoms with Crippen molar-refractivity contribution in [2.45, 2.75) is 19.1 Å². The maximum Gasteiger partial charge on any atom is 0.0838 e. The first-order valence-electron chi connectivity index (χ1n) is 4.34. The molecule has 0 aliphatic heterocycles. The number of hydrogen-bond acceptors (Lipinski definition) is 2. The van der Waals surface area contributed by atoms with Crippen LogP contribution >= 0.6 is 11.6 Å². The van der Waals surface area contributed by atoms with Crippen LogP contribution in [0.15, 0.2) is 35.9 Å². The number of rotatable bonds is 4. The molecule has 1 atom stereocenters. The molecular formula is C11H13ClO2. The standard InChI is InChI=1S/C11H13ClO2/c1-8(12)6-11(14)10-4-2-9(7-13)3-5-10/h2-5,11,13-14H,1,6-7H2. The Kier molecular flexibility index (Phi) is 4.14. The Morgan fingerprint density at radius 1 is 1.36 bits per heavy atom. The van der Waals surface area contributed by atoms with E-state index >= 15 is 0 Å². The maximum atomic E-state index is 9.65. The Balaban J connectivity index is 2.71. The van der Waals surface area contributed by atoms with Gasteiger partial charge in [0, 0.05) is 11.5 Å². The van der Waals surface area contributed by atoms with E-state index in [4.69, 9.17) is 16.7 Å². The first kappa shape index (κ1) is 11.2. The molecule has 0 heterocycles. The van der Waals surface area contributed by atoms with Crippen LogP contribution in [0.5, 0.6) is 0 Å². The lowest BCUT2D eigenvalue weighted by Crippen LogP contribution is -1.97. The van der Waals surface area contributed by atoms with Gasteiger partial charge in [0.25, 0.3) is 0 Å². The van der Waals surface area contributed by atoms with Crippen LogP contribution in [-0.4, -0.2) is 10.2 Å². The predicted molar refractivity (Wildman–Crippen MR) is 56.9 cm³/mol. The van der Waals surface area contributed by atoms with Gasteiger partial charge in [0.1, 0.15) is 0 Å². The van der Waals surface area contributed by atoms with Crippen molar-refractivity contribution in [1.82, 2.24) is 0 Å². The van der Waals surface area contributed by atoms with Gasteiger partial charge in [-0.1, -0.05) is 42.4 Å². The maximum absolute atomic E-state index is 9.65. The van der Waals surface area contributed by atoms with Crippen molar-refractivity contribution in [3.8, 4) is 0 Å². The van der Waals surface area contributed by atoms with E-state index in [1.165, 1.54) is 0 Å². The van der Waals surface area contributed by atoms with Gasteiger partial charge in [-0.25, -0.2) is 0 Å². The second-order valence-electron chi connectivity index (χ2n) is 3.14. The van der Waals surface area contributed by atoms with E-state index in [0.717, 1.165) is 11.1 Å². The molecule has 14 heavy (non-hydrogen) atoms. The smallest absolute Gasteiger partial charge is 0.0838 e. The Morgan fingerprint density at radius 2 is 1.93 bits per heavy atom. The summed E-state index contributed by atoms with van der Waals surface area (Å²) in [7, 11) is 0. The summed E-state index contributed by atoms with van der Waals surface area (Å²) in [6, 6.07) is 7.09. The molecule has 0 fully saturated rings. The molecule has 3 heteroatoms. The molecule has 0 aromatic heterocycles. The lowest BCUT2D eigenvalue weighted by molar-refractivity contribution is 0.180. The molecule has 1 unspecified atom stereocenters. The van der Waals surface area contributed by atoms with Crippen molar-refractivity contribution in [1.29, 1.82) is 0 Å². The third kappa shape index (κ3) is 3.14. The number of halogens is 1. The monoisotopic (exact) mass is 212 g/mol. The highest BCUT2D eigenvalue weighted by Crippen LogP contribution is 2.22. The number of benzene rings is 1. The molecule has 1 aromatic carbocycles. The number of aliphatic hydroxyl groups excluding tert-OH is 2. The van der Waals surface area contributed by atoms with Gasteiger partial charge >= 0.3 is 0 Å². The van der Waals surface area contributed by atoms with Crippen LogP contribution < -0.4 is 0 Å². The second-order valence-corrected chi connectivity index (χ2v) is 3.67. The fourth-order valence-corrected chi connectivity index (χ4v) is 1.32. The van der Waals surface area contributed by atoms with E-state index in [1.54, 1.807) is 24.3 Å². The third-order valence-corrected chi connectivity index (χ3v) is 2.12. The fraction of sp³-hybridized carbons (Fsp3) is 0.273. The quantitative estimate of drug-likeness (QED) is 0.805. The van der Waals surface area contributed by atoms with Gasteiger partial charge in [0.2, 0.25) is 0 Å². The summed E-state index contributed by atoms with van der Waals surface area (Å²) in [6.45, 7) is 3.53. The van der Waals surface area contributed by atoms with Gasteiger partial charge in [0.15, 0.2) is 0 Å². The zero-order valence-electron chi connectivity index (χ0n) is 7.78. The summed E-state index contributed by atoms with van der Waals surface area (Å²) in [5.74, 6) is 0. The number of hydrogen-bond donors (Lipinski definition) is 2. The topological polar surface area (TPSA) is 40.5 Å². The highest BCUT2D eigenvalue weighted by Gasteiger charge is 2.07. The van der Waals surface area contributed by atoms with Crippen LogP contribution in [0.3, 0.4) is 0 Å². The van der Waals surface area contributed by atoms with E-state index < -0.39 is 6.10 Å². The molecule has 0 aliphatic rings. The van der Waals surface area contributed by atoms with Crippen molar-refractivity contribution in [2.24, 2.45) is 0 Å². The fourth-order valence-electron chi connectivity index (χ4n) is 1.17. The summed E-state index contributed by atoms with van der Waals surface area (Å²) in [6.07, 6.45) is -0.271. The summed E-state index contributed by atoms with van der Waals surface area (Å²) in [4.78, 5) is 0. The summed E-state index contributed by atoms with van der Waals surface area (Å²) >= 11 is 5.59. The van der Waals surface area contributed by atoms with Crippen LogP contribution in [0.1, 0.15) is 23.7 Å². The third-order valence-electron chi connectivity index (χ3n) is 1.96. The van der Waals surface area contributed by atoms with E-state index in [-0.39, 0.29) is 6.61 Å². The molecule has 0 saturated carbocycles. The molecule has 0 saturated heterocycles. The average Bonchev–Trinajstić information content (AvgIpc) is 2.17. The van der Waals surface area contributed by atoms with E-state index in [2.05, 4.69) is 6.58 Å². The molecule has 0 bridgehead atoms. The molecule has 1 rings (SSSR count). The summed E-state index contributed by atoms with van der Waals surface area (Å²) in [5.41, 5.74) is 1.61. The molecule has 2 N–H and O–H groups in total. The van der Waals surface area contributed by atoms with Gasteiger partial charge in [-0.3, -0.25) is 0 Å². The minimum atomic E-state index is -0.618.